The molecule has 0 unspecified atom stereocenters. The fourth-order valence-corrected chi connectivity index (χ4v) is 0.874. The molecule has 1 rings (SSSR count). The third-order valence-corrected chi connectivity index (χ3v) is 1.64. The standard InChI is InChI=1S/C8H11N5S/c1-5-2-6(11-4-7(5)9)3-12-13-8(10)14/h2-4H,9H2,1H3,(H3,10,13,14)/b12-3+. The molecule has 0 atom stereocenters. The molecular weight excluding hydrogens is 198 g/mol. The molecule has 5 N–H and O–H groups in total. The minimum absolute atomic E-state index is 0.119. The smallest absolute Gasteiger partial charge is 0.184 e. The van der Waals surface area contributed by atoms with Crippen molar-refractivity contribution >= 4 is 29.2 Å². The first kappa shape index (κ1) is 10.4. The van der Waals surface area contributed by atoms with Crippen LogP contribution in [0.3, 0.4) is 0 Å². The van der Waals surface area contributed by atoms with Gasteiger partial charge in [0.2, 0.25) is 0 Å². The van der Waals surface area contributed by atoms with Crippen molar-refractivity contribution in [1.29, 1.82) is 0 Å². The Hall–Kier alpha value is -1.69. The zero-order valence-corrected chi connectivity index (χ0v) is 8.51. The van der Waals surface area contributed by atoms with E-state index in [1.165, 1.54) is 6.21 Å². The number of aryl methyl sites for hydroxylation is 1. The molecule has 0 bridgehead atoms. The zero-order chi connectivity index (χ0) is 10.6. The van der Waals surface area contributed by atoms with E-state index in [9.17, 15) is 0 Å². The fourth-order valence-electron chi connectivity index (χ4n) is 0.821. The number of hydrazone groups is 1. The molecule has 74 valence electrons. The van der Waals surface area contributed by atoms with Crippen molar-refractivity contribution in [3.05, 3.63) is 23.5 Å². The summed E-state index contributed by atoms with van der Waals surface area (Å²) in [5, 5.41) is 3.89. The van der Waals surface area contributed by atoms with Crippen molar-refractivity contribution in [2.45, 2.75) is 6.92 Å². The molecule has 0 spiro atoms. The molecule has 0 aliphatic heterocycles. The number of nitrogens with zero attached hydrogens (tertiary/aromatic N) is 2. The first-order chi connectivity index (χ1) is 6.59. The van der Waals surface area contributed by atoms with Crippen LogP contribution in [0.5, 0.6) is 0 Å². The minimum Gasteiger partial charge on any atom is -0.397 e. The Morgan fingerprint density at radius 2 is 2.43 bits per heavy atom. The van der Waals surface area contributed by atoms with Crippen LogP contribution in [0.15, 0.2) is 17.4 Å². The molecule has 14 heavy (non-hydrogen) atoms. The van der Waals surface area contributed by atoms with Crippen LogP contribution in [0.1, 0.15) is 11.3 Å². The highest BCUT2D eigenvalue weighted by atomic mass is 32.1. The van der Waals surface area contributed by atoms with Gasteiger partial charge in [-0.1, -0.05) is 0 Å². The van der Waals surface area contributed by atoms with Crippen LogP contribution in [-0.4, -0.2) is 16.3 Å². The first-order valence-corrected chi connectivity index (χ1v) is 4.31. The largest absolute Gasteiger partial charge is 0.397 e. The molecule has 1 aromatic heterocycles. The maximum atomic E-state index is 5.60. The number of nitrogens with two attached hydrogens (primary N) is 2. The molecule has 0 radical (unpaired) electrons. The zero-order valence-electron chi connectivity index (χ0n) is 7.69. The van der Waals surface area contributed by atoms with E-state index in [0.717, 1.165) is 5.56 Å². The lowest BCUT2D eigenvalue weighted by molar-refractivity contribution is 1.04. The highest BCUT2D eigenvalue weighted by molar-refractivity contribution is 7.80. The molecule has 0 aliphatic carbocycles. The van der Waals surface area contributed by atoms with E-state index in [2.05, 4.69) is 27.7 Å². The van der Waals surface area contributed by atoms with Crippen LogP contribution in [0.4, 0.5) is 5.69 Å². The summed E-state index contributed by atoms with van der Waals surface area (Å²) in [6, 6.07) is 1.82. The van der Waals surface area contributed by atoms with Gasteiger partial charge in [0.05, 0.1) is 23.8 Å². The van der Waals surface area contributed by atoms with Gasteiger partial charge in [-0.2, -0.15) is 5.10 Å². The van der Waals surface area contributed by atoms with Crippen molar-refractivity contribution in [2.75, 3.05) is 5.73 Å². The SMILES string of the molecule is Cc1cc(/C=N/NC(N)=S)ncc1N. The van der Waals surface area contributed by atoms with Gasteiger partial charge in [0.1, 0.15) is 0 Å². The average Bonchev–Trinajstić information content (AvgIpc) is 2.10. The summed E-state index contributed by atoms with van der Waals surface area (Å²) in [4.78, 5) is 4.04. The maximum Gasteiger partial charge on any atom is 0.184 e. The molecule has 1 heterocycles. The molecule has 0 saturated heterocycles. The van der Waals surface area contributed by atoms with E-state index in [1.807, 2.05) is 13.0 Å². The van der Waals surface area contributed by atoms with Crippen LogP contribution in [0.25, 0.3) is 0 Å². The maximum absolute atomic E-state index is 5.60. The van der Waals surface area contributed by atoms with Gasteiger partial charge < -0.3 is 11.5 Å². The number of rotatable bonds is 2. The Balaban J connectivity index is 2.73. The van der Waals surface area contributed by atoms with Crippen LogP contribution >= 0.6 is 12.2 Å². The normalized spacial score (nSPS) is 10.4. The number of thiocarbonyl (C=S) groups is 1. The molecule has 0 amide bonds. The Bertz CT molecular complexity index is 374. The molecule has 6 heteroatoms. The van der Waals surface area contributed by atoms with Gasteiger partial charge in [0.15, 0.2) is 5.11 Å². The highest BCUT2D eigenvalue weighted by Gasteiger charge is 1.94. The minimum atomic E-state index is 0.119. The van der Waals surface area contributed by atoms with Crippen molar-refractivity contribution < 1.29 is 0 Å². The second-order valence-corrected chi connectivity index (χ2v) is 3.14. The Morgan fingerprint density at radius 3 is 3.00 bits per heavy atom. The lowest BCUT2D eigenvalue weighted by Crippen LogP contribution is -2.24. The topological polar surface area (TPSA) is 89.3 Å². The van der Waals surface area contributed by atoms with Crippen molar-refractivity contribution in [1.82, 2.24) is 10.4 Å². The number of pyridine rings is 1. The summed E-state index contributed by atoms with van der Waals surface area (Å²) in [6.45, 7) is 1.90. The van der Waals surface area contributed by atoms with Gasteiger partial charge in [-0.15, -0.1) is 0 Å². The molecule has 0 saturated carbocycles. The van der Waals surface area contributed by atoms with Gasteiger partial charge in [-0.3, -0.25) is 10.4 Å². The lowest BCUT2D eigenvalue weighted by Gasteiger charge is -1.99. The Morgan fingerprint density at radius 1 is 1.71 bits per heavy atom. The van der Waals surface area contributed by atoms with Gasteiger partial charge in [-0.25, -0.2) is 0 Å². The van der Waals surface area contributed by atoms with E-state index in [0.29, 0.717) is 11.4 Å². The summed E-state index contributed by atoms with van der Waals surface area (Å²) in [7, 11) is 0. The second kappa shape index (κ2) is 4.52. The van der Waals surface area contributed by atoms with Crippen molar-refractivity contribution in [3.63, 3.8) is 0 Å². The predicted molar refractivity (Wildman–Crippen MR) is 60.9 cm³/mol. The number of hydrogen-bond acceptors (Lipinski definition) is 4. The van der Waals surface area contributed by atoms with Crippen LogP contribution in [0.2, 0.25) is 0 Å². The lowest BCUT2D eigenvalue weighted by atomic mass is 10.2. The predicted octanol–water partition coefficient (Wildman–Crippen LogP) is 0.139. The second-order valence-electron chi connectivity index (χ2n) is 2.70. The van der Waals surface area contributed by atoms with E-state index in [1.54, 1.807) is 6.20 Å². The highest BCUT2D eigenvalue weighted by Crippen LogP contribution is 2.07. The van der Waals surface area contributed by atoms with Crippen LogP contribution in [0, 0.1) is 6.92 Å². The summed E-state index contributed by atoms with van der Waals surface area (Å²) in [5.41, 5.74) is 15.5. The first-order valence-electron chi connectivity index (χ1n) is 3.90. The monoisotopic (exact) mass is 209 g/mol. The summed E-state index contributed by atoms with van der Waals surface area (Å²) >= 11 is 4.57. The molecule has 1 aromatic rings. The molecule has 5 nitrogen and oxygen atoms in total. The van der Waals surface area contributed by atoms with Crippen LogP contribution in [-0.2, 0) is 0 Å². The van der Waals surface area contributed by atoms with Gasteiger partial charge in [-0.05, 0) is 30.8 Å². The molecular formula is C8H11N5S. The Labute approximate surface area is 87.2 Å². The van der Waals surface area contributed by atoms with Gasteiger partial charge in [0, 0.05) is 0 Å². The quantitative estimate of drug-likeness (QED) is 0.366. The van der Waals surface area contributed by atoms with Crippen molar-refractivity contribution in [3.8, 4) is 0 Å². The van der Waals surface area contributed by atoms with E-state index < -0.39 is 0 Å². The van der Waals surface area contributed by atoms with E-state index in [4.69, 9.17) is 11.5 Å². The number of nitrogens with one attached hydrogen (secondary N) is 1. The molecule has 0 aromatic carbocycles. The number of anilines is 1. The number of nitrogen functional groups attached to an aromatic ring is 1. The third-order valence-electron chi connectivity index (χ3n) is 1.54. The van der Waals surface area contributed by atoms with Gasteiger partial charge in [0.25, 0.3) is 0 Å². The third kappa shape index (κ3) is 2.98. The van der Waals surface area contributed by atoms with Crippen molar-refractivity contribution in [2.24, 2.45) is 10.8 Å². The average molecular weight is 209 g/mol. The van der Waals surface area contributed by atoms with E-state index >= 15 is 0 Å². The Kier molecular flexibility index (Phi) is 3.35. The fraction of sp³-hybridized carbons (Fsp3) is 0.125. The van der Waals surface area contributed by atoms with E-state index in [-0.39, 0.29) is 5.11 Å². The molecule has 0 aliphatic rings. The number of aromatic nitrogens is 1. The van der Waals surface area contributed by atoms with Crippen LogP contribution < -0.4 is 16.9 Å². The van der Waals surface area contributed by atoms with Gasteiger partial charge >= 0.3 is 0 Å². The molecule has 0 fully saturated rings. The number of hydrogen-bond donors (Lipinski definition) is 3. The summed E-state index contributed by atoms with van der Waals surface area (Å²) in [6.07, 6.45) is 3.10. The summed E-state index contributed by atoms with van der Waals surface area (Å²) in [5.74, 6) is 0. The summed E-state index contributed by atoms with van der Waals surface area (Å²) < 4.78 is 0.